The highest BCUT2D eigenvalue weighted by Crippen LogP contribution is 2.23. The third-order valence-electron chi connectivity index (χ3n) is 9.56. The van der Waals surface area contributed by atoms with Crippen molar-refractivity contribution in [3.63, 3.8) is 0 Å². The summed E-state index contributed by atoms with van der Waals surface area (Å²) in [5.41, 5.74) is 3.92. The molecule has 5 rings (SSSR count). The van der Waals surface area contributed by atoms with E-state index in [-0.39, 0.29) is 11.5 Å². The van der Waals surface area contributed by atoms with Crippen molar-refractivity contribution >= 4 is 35.7 Å². The molecule has 0 aromatic heterocycles. The molecule has 10 nitrogen and oxygen atoms in total. The zero-order chi connectivity index (χ0) is 42.4. The summed E-state index contributed by atoms with van der Waals surface area (Å²) in [4.78, 5) is 35.0. The molecule has 5 aromatic rings. The number of aliphatic imine (C=N–C) groups is 2. The average Bonchev–Trinajstić information content (AvgIpc) is 3.28. The largest absolute Gasteiger partial charge is 0.494 e. The van der Waals surface area contributed by atoms with Crippen LogP contribution in [0.3, 0.4) is 0 Å². The van der Waals surface area contributed by atoms with Gasteiger partial charge in [-0.05, 0) is 122 Å². The summed E-state index contributed by atoms with van der Waals surface area (Å²) in [5, 5.41) is 0. The predicted octanol–water partition coefficient (Wildman–Crippen LogP) is 11.6. The molecule has 0 heterocycles. The van der Waals surface area contributed by atoms with Crippen molar-refractivity contribution in [1.29, 1.82) is 0 Å². The van der Waals surface area contributed by atoms with E-state index < -0.39 is 11.9 Å². The van der Waals surface area contributed by atoms with Crippen LogP contribution in [0, 0.1) is 0 Å². The van der Waals surface area contributed by atoms with Crippen LogP contribution in [0.5, 0.6) is 23.0 Å². The third-order valence-corrected chi connectivity index (χ3v) is 9.56. The van der Waals surface area contributed by atoms with Crippen LogP contribution in [0.15, 0.2) is 131 Å². The maximum atomic E-state index is 12.9. The van der Waals surface area contributed by atoms with Crippen LogP contribution in [0.2, 0.25) is 0 Å². The van der Waals surface area contributed by atoms with Crippen molar-refractivity contribution in [3.8, 4) is 23.0 Å². The van der Waals surface area contributed by atoms with Gasteiger partial charge in [-0.2, -0.15) is 0 Å². The first-order valence-corrected chi connectivity index (χ1v) is 20.9. The Hall–Kier alpha value is -6.10. The van der Waals surface area contributed by atoms with Crippen molar-refractivity contribution in [3.05, 3.63) is 144 Å². The molecule has 0 spiro atoms. The van der Waals surface area contributed by atoms with E-state index in [0.717, 1.165) is 72.5 Å². The van der Waals surface area contributed by atoms with Gasteiger partial charge in [0.2, 0.25) is 0 Å². The summed E-state index contributed by atoms with van der Waals surface area (Å²) in [6.45, 7) is 11.1. The van der Waals surface area contributed by atoms with E-state index in [1.807, 2.05) is 48.5 Å². The van der Waals surface area contributed by atoms with Crippen molar-refractivity contribution in [2.45, 2.75) is 78.4 Å². The first kappa shape index (κ1) is 45.0. The molecule has 0 saturated heterocycles. The summed E-state index contributed by atoms with van der Waals surface area (Å²) in [7, 11) is 0. The van der Waals surface area contributed by atoms with Crippen molar-refractivity contribution in [2.75, 3.05) is 26.4 Å². The number of carbonyl (C=O) groups is 2. The molecule has 0 aliphatic heterocycles. The van der Waals surface area contributed by atoms with Gasteiger partial charge >= 0.3 is 11.9 Å². The molecule has 10 heteroatoms. The van der Waals surface area contributed by atoms with Crippen LogP contribution in [-0.2, 0) is 9.47 Å². The zero-order valence-corrected chi connectivity index (χ0v) is 35.1. The maximum absolute atomic E-state index is 12.9. The van der Waals surface area contributed by atoms with E-state index in [4.69, 9.17) is 28.4 Å². The van der Waals surface area contributed by atoms with Crippen LogP contribution in [0.25, 0.3) is 0 Å². The molecule has 0 fully saturated rings. The first-order chi connectivity index (χ1) is 29.3. The first-order valence-electron chi connectivity index (χ1n) is 20.9. The third kappa shape index (κ3) is 15.3. The van der Waals surface area contributed by atoms with Gasteiger partial charge in [-0.1, -0.05) is 58.0 Å². The van der Waals surface area contributed by atoms with Crippen molar-refractivity contribution in [2.24, 2.45) is 9.98 Å². The Bertz CT molecular complexity index is 1940. The minimum Gasteiger partial charge on any atom is -0.494 e. The van der Waals surface area contributed by atoms with Crippen LogP contribution in [0.1, 0.15) is 98.1 Å². The van der Waals surface area contributed by atoms with Crippen molar-refractivity contribution in [1.82, 2.24) is 0 Å². The van der Waals surface area contributed by atoms with Gasteiger partial charge in [0.05, 0.1) is 61.1 Å². The van der Waals surface area contributed by atoms with Gasteiger partial charge in [0.15, 0.2) is 0 Å². The molecule has 0 atom stereocenters. The summed E-state index contributed by atoms with van der Waals surface area (Å²) in [6, 6.07) is 35.4. The Morgan fingerprint density at radius 2 is 0.867 bits per heavy atom. The molecule has 0 radical (unpaired) electrons. The van der Waals surface area contributed by atoms with Crippen LogP contribution >= 0.6 is 0 Å². The fourth-order valence-corrected chi connectivity index (χ4v) is 5.95. The minimum absolute atomic E-state index is 0.242. The fourth-order valence-electron chi connectivity index (χ4n) is 5.95. The van der Waals surface area contributed by atoms with Gasteiger partial charge in [0, 0.05) is 31.3 Å². The second-order valence-electron chi connectivity index (χ2n) is 14.0. The second-order valence-corrected chi connectivity index (χ2v) is 14.0. The number of benzene rings is 5. The molecule has 0 amide bonds. The second kappa shape index (κ2) is 24.7. The van der Waals surface area contributed by atoms with E-state index in [1.165, 1.54) is 6.07 Å². The normalized spacial score (nSPS) is 11.4. The zero-order valence-electron chi connectivity index (χ0n) is 35.1. The number of hydrogen-bond acceptors (Lipinski definition) is 10. The lowest BCUT2D eigenvalue weighted by atomic mass is 10.1. The molecule has 314 valence electrons. The Balaban J connectivity index is 1.03. The highest BCUT2D eigenvalue weighted by atomic mass is 16.5. The Labute approximate surface area is 354 Å². The van der Waals surface area contributed by atoms with Gasteiger partial charge in [-0.3, -0.25) is 9.98 Å². The quantitative estimate of drug-likeness (QED) is 0.0262. The summed E-state index contributed by atoms with van der Waals surface area (Å²) in [6.07, 6.45) is 9.85. The SMILES string of the molecule is CCC(CC)OCCCOc1ccc(N=Cc2ccc(C(=O)Oc3cccc(OC(=O)c4ccc(C=Nc5ccc(OCCCOC(CC)CC)cc5)cc4)c3)cc2)cc1. The van der Waals surface area contributed by atoms with Gasteiger partial charge in [0.1, 0.15) is 23.0 Å². The van der Waals surface area contributed by atoms with Crippen LogP contribution in [-0.4, -0.2) is 63.0 Å². The van der Waals surface area contributed by atoms with Gasteiger partial charge < -0.3 is 28.4 Å². The lowest BCUT2D eigenvalue weighted by molar-refractivity contribution is 0.0409. The van der Waals surface area contributed by atoms with Gasteiger partial charge in [-0.15, -0.1) is 0 Å². The van der Waals surface area contributed by atoms with E-state index in [1.54, 1.807) is 79.2 Å². The number of carbonyl (C=O) groups excluding carboxylic acids is 2. The number of esters is 2. The van der Waals surface area contributed by atoms with E-state index in [9.17, 15) is 9.59 Å². The molecule has 0 N–H and O–H groups in total. The molecule has 0 aliphatic rings. The van der Waals surface area contributed by atoms with E-state index in [0.29, 0.717) is 49.8 Å². The Morgan fingerprint density at radius 1 is 0.483 bits per heavy atom. The van der Waals surface area contributed by atoms with Crippen molar-refractivity contribution < 1.29 is 38.0 Å². The molecule has 0 bridgehead atoms. The molecule has 0 unspecified atom stereocenters. The average molecular weight is 813 g/mol. The minimum atomic E-state index is -0.546. The van der Waals surface area contributed by atoms with Gasteiger partial charge in [0.25, 0.3) is 0 Å². The predicted molar refractivity (Wildman–Crippen MR) is 238 cm³/mol. The maximum Gasteiger partial charge on any atom is 0.343 e. The standard InChI is InChI=1S/C50H56N2O8/c1-5-43(6-2)55-30-10-32-57-45-26-22-41(23-27-45)51-35-37-14-18-39(19-15-37)49(53)59-47-12-9-13-48(34-47)60-50(54)40-20-16-38(17-21-40)36-52-42-24-28-46(29-25-42)58-33-11-31-56-44(7-3)8-4/h9,12-29,34-36,43-44H,5-8,10-11,30-33H2,1-4H3. The highest BCUT2D eigenvalue weighted by molar-refractivity contribution is 5.93. The summed E-state index contributed by atoms with van der Waals surface area (Å²) in [5.74, 6) is 0.958. The van der Waals surface area contributed by atoms with Crippen LogP contribution < -0.4 is 18.9 Å². The summed E-state index contributed by atoms with van der Waals surface area (Å²) < 4.78 is 34.5. The fraction of sp³-hybridized carbons (Fsp3) is 0.320. The Morgan fingerprint density at radius 3 is 1.23 bits per heavy atom. The van der Waals surface area contributed by atoms with E-state index >= 15 is 0 Å². The molecular formula is C50H56N2O8. The molecule has 5 aromatic carbocycles. The summed E-state index contributed by atoms with van der Waals surface area (Å²) >= 11 is 0. The highest BCUT2D eigenvalue weighted by Gasteiger charge is 2.13. The molecular weight excluding hydrogens is 757 g/mol. The number of nitrogens with zero attached hydrogens (tertiary/aromatic N) is 2. The lowest BCUT2D eigenvalue weighted by Crippen LogP contribution is -2.12. The Kier molecular flexibility index (Phi) is 18.5. The monoisotopic (exact) mass is 812 g/mol. The van der Waals surface area contributed by atoms with E-state index in [2.05, 4.69) is 37.7 Å². The lowest BCUT2D eigenvalue weighted by Gasteiger charge is -2.13. The molecule has 0 aliphatic carbocycles. The smallest absolute Gasteiger partial charge is 0.343 e. The van der Waals surface area contributed by atoms with Crippen LogP contribution in [0.4, 0.5) is 11.4 Å². The van der Waals surface area contributed by atoms with Gasteiger partial charge in [-0.25, -0.2) is 9.59 Å². The number of rotatable bonds is 24. The topological polar surface area (TPSA) is 114 Å². The number of ether oxygens (including phenoxy) is 6. The molecule has 0 saturated carbocycles. The number of hydrogen-bond donors (Lipinski definition) is 0. The molecule has 60 heavy (non-hydrogen) atoms.